The summed E-state index contributed by atoms with van der Waals surface area (Å²) in [6.45, 7) is 1.77. The van der Waals surface area contributed by atoms with Crippen molar-refractivity contribution in [1.82, 2.24) is 25.1 Å². The summed E-state index contributed by atoms with van der Waals surface area (Å²) in [6, 6.07) is 10.1. The number of aromatic nitrogens is 4. The van der Waals surface area contributed by atoms with Gasteiger partial charge in [-0.3, -0.25) is 4.98 Å². The summed E-state index contributed by atoms with van der Waals surface area (Å²) >= 11 is 0. The molecule has 1 saturated heterocycles. The number of nitrogens with zero attached hydrogens (tertiary/aromatic N) is 4. The van der Waals surface area contributed by atoms with Crippen LogP contribution in [0.5, 0.6) is 0 Å². The SMILES string of the molecule is NS(=O)(=O)c1ccc(-n2nc(-c3ccncc3)nc2[C@@H]2CCNC2)cc1. The van der Waals surface area contributed by atoms with E-state index in [9.17, 15) is 8.42 Å². The van der Waals surface area contributed by atoms with E-state index in [0.717, 1.165) is 36.6 Å². The molecule has 0 saturated carbocycles. The molecule has 3 heterocycles. The average Bonchev–Trinajstić information content (AvgIpc) is 3.31. The molecule has 0 aliphatic carbocycles. The summed E-state index contributed by atoms with van der Waals surface area (Å²) in [7, 11) is -3.73. The number of nitrogens with one attached hydrogen (secondary N) is 1. The highest BCUT2D eigenvalue weighted by molar-refractivity contribution is 7.89. The lowest BCUT2D eigenvalue weighted by atomic mass is 10.1. The lowest BCUT2D eigenvalue weighted by molar-refractivity contribution is 0.597. The summed E-state index contributed by atoms with van der Waals surface area (Å²) in [6.07, 6.45) is 4.38. The molecule has 0 amide bonds. The van der Waals surface area contributed by atoms with E-state index in [1.54, 1.807) is 29.2 Å². The molecular weight excluding hydrogens is 352 g/mol. The quantitative estimate of drug-likeness (QED) is 0.709. The highest BCUT2D eigenvalue weighted by Crippen LogP contribution is 2.26. The van der Waals surface area contributed by atoms with Crippen molar-refractivity contribution in [1.29, 1.82) is 0 Å². The Kier molecular flexibility index (Phi) is 4.27. The molecule has 1 aliphatic heterocycles. The van der Waals surface area contributed by atoms with Gasteiger partial charge in [-0.2, -0.15) is 0 Å². The van der Waals surface area contributed by atoms with E-state index in [1.165, 1.54) is 12.1 Å². The first-order chi connectivity index (χ1) is 12.5. The first-order valence-electron chi connectivity index (χ1n) is 8.24. The number of nitrogens with two attached hydrogens (primary N) is 1. The van der Waals surface area contributed by atoms with Crippen molar-refractivity contribution in [2.24, 2.45) is 5.14 Å². The van der Waals surface area contributed by atoms with Crippen LogP contribution in [0.15, 0.2) is 53.7 Å². The van der Waals surface area contributed by atoms with Crippen LogP contribution in [0.2, 0.25) is 0 Å². The summed E-state index contributed by atoms with van der Waals surface area (Å²) < 4.78 is 24.7. The predicted octanol–water partition coefficient (Wildman–Crippen LogP) is 1.05. The first-order valence-corrected chi connectivity index (χ1v) is 9.78. The number of benzene rings is 1. The molecule has 1 fully saturated rings. The van der Waals surface area contributed by atoms with Crippen LogP contribution in [0, 0.1) is 0 Å². The van der Waals surface area contributed by atoms with Gasteiger partial charge < -0.3 is 5.32 Å². The van der Waals surface area contributed by atoms with Crippen LogP contribution in [-0.4, -0.2) is 41.3 Å². The maximum absolute atomic E-state index is 11.5. The largest absolute Gasteiger partial charge is 0.316 e. The van der Waals surface area contributed by atoms with Gasteiger partial charge in [0.15, 0.2) is 5.82 Å². The molecule has 0 spiro atoms. The number of rotatable bonds is 4. The molecule has 3 aromatic rings. The Morgan fingerprint density at radius 2 is 1.85 bits per heavy atom. The molecule has 0 unspecified atom stereocenters. The van der Waals surface area contributed by atoms with Gasteiger partial charge in [0.25, 0.3) is 0 Å². The second-order valence-electron chi connectivity index (χ2n) is 6.17. The second-order valence-corrected chi connectivity index (χ2v) is 7.73. The van der Waals surface area contributed by atoms with E-state index in [-0.39, 0.29) is 10.8 Å². The third kappa shape index (κ3) is 3.24. The molecule has 1 aliphatic rings. The fourth-order valence-electron chi connectivity index (χ4n) is 3.05. The van der Waals surface area contributed by atoms with Crippen molar-refractivity contribution < 1.29 is 8.42 Å². The van der Waals surface area contributed by atoms with Crippen molar-refractivity contribution in [3.05, 3.63) is 54.6 Å². The summed E-state index contributed by atoms with van der Waals surface area (Å²) in [4.78, 5) is 8.85. The van der Waals surface area contributed by atoms with E-state index >= 15 is 0 Å². The zero-order valence-electron chi connectivity index (χ0n) is 13.9. The molecule has 1 atom stereocenters. The molecule has 0 bridgehead atoms. The van der Waals surface area contributed by atoms with Gasteiger partial charge in [-0.25, -0.2) is 23.2 Å². The van der Waals surface area contributed by atoms with E-state index < -0.39 is 10.0 Å². The molecule has 4 rings (SSSR count). The Bertz CT molecular complexity index is 1010. The molecule has 26 heavy (non-hydrogen) atoms. The molecular formula is C17H18N6O2S. The third-order valence-electron chi connectivity index (χ3n) is 4.41. The van der Waals surface area contributed by atoms with Crippen molar-refractivity contribution in [2.75, 3.05) is 13.1 Å². The molecule has 9 heteroatoms. The van der Waals surface area contributed by atoms with Crippen LogP contribution in [-0.2, 0) is 10.0 Å². The minimum absolute atomic E-state index is 0.0693. The van der Waals surface area contributed by atoms with Crippen LogP contribution >= 0.6 is 0 Å². The monoisotopic (exact) mass is 370 g/mol. The van der Waals surface area contributed by atoms with Crippen molar-refractivity contribution in [2.45, 2.75) is 17.2 Å². The van der Waals surface area contributed by atoms with Crippen LogP contribution in [0.25, 0.3) is 17.1 Å². The second kappa shape index (κ2) is 6.60. The molecule has 0 radical (unpaired) electrons. The average molecular weight is 370 g/mol. The van der Waals surface area contributed by atoms with Gasteiger partial charge in [-0.15, -0.1) is 5.10 Å². The number of pyridine rings is 1. The number of hydrogen-bond acceptors (Lipinski definition) is 6. The van der Waals surface area contributed by atoms with Gasteiger partial charge in [-0.05, 0) is 49.4 Å². The summed E-state index contributed by atoms with van der Waals surface area (Å²) in [5.74, 6) is 1.71. The fourth-order valence-corrected chi connectivity index (χ4v) is 3.57. The molecule has 1 aromatic carbocycles. The number of hydrogen-bond donors (Lipinski definition) is 2. The highest BCUT2D eigenvalue weighted by Gasteiger charge is 2.25. The van der Waals surface area contributed by atoms with E-state index in [1.807, 2.05) is 12.1 Å². The van der Waals surface area contributed by atoms with Gasteiger partial charge in [-0.1, -0.05) is 0 Å². The maximum atomic E-state index is 11.5. The smallest absolute Gasteiger partial charge is 0.238 e. The van der Waals surface area contributed by atoms with Gasteiger partial charge in [0.1, 0.15) is 5.82 Å². The molecule has 3 N–H and O–H groups in total. The minimum Gasteiger partial charge on any atom is -0.316 e. The van der Waals surface area contributed by atoms with Crippen molar-refractivity contribution >= 4 is 10.0 Å². The van der Waals surface area contributed by atoms with Crippen LogP contribution < -0.4 is 10.5 Å². The lowest BCUT2D eigenvalue weighted by Crippen LogP contribution is -2.14. The van der Waals surface area contributed by atoms with E-state index in [2.05, 4.69) is 15.4 Å². The Morgan fingerprint density at radius 3 is 2.46 bits per heavy atom. The lowest BCUT2D eigenvalue weighted by Gasteiger charge is -2.10. The Labute approximate surface area is 151 Å². The highest BCUT2D eigenvalue weighted by atomic mass is 32.2. The zero-order valence-corrected chi connectivity index (χ0v) is 14.7. The van der Waals surface area contributed by atoms with Crippen molar-refractivity contribution in [3.63, 3.8) is 0 Å². The minimum atomic E-state index is -3.73. The first kappa shape index (κ1) is 16.8. The van der Waals surface area contributed by atoms with Crippen LogP contribution in [0.1, 0.15) is 18.2 Å². The number of sulfonamides is 1. The number of primary sulfonamides is 1. The normalized spacial score (nSPS) is 17.5. The van der Waals surface area contributed by atoms with Gasteiger partial charge in [0, 0.05) is 30.4 Å². The van der Waals surface area contributed by atoms with Crippen LogP contribution in [0.4, 0.5) is 0 Å². The molecule has 2 aromatic heterocycles. The Hall–Kier alpha value is -2.62. The molecule has 8 nitrogen and oxygen atoms in total. The van der Waals surface area contributed by atoms with E-state index in [0.29, 0.717) is 5.82 Å². The zero-order chi connectivity index (χ0) is 18.1. The predicted molar refractivity (Wildman–Crippen MR) is 96.2 cm³/mol. The molecule has 134 valence electrons. The van der Waals surface area contributed by atoms with E-state index in [4.69, 9.17) is 10.1 Å². The Morgan fingerprint density at radius 1 is 1.12 bits per heavy atom. The summed E-state index contributed by atoms with van der Waals surface area (Å²) in [5.41, 5.74) is 1.62. The van der Waals surface area contributed by atoms with Crippen molar-refractivity contribution in [3.8, 4) is 17.1 Å². The maximum Gasteiger partial charge on any atom is 0.238 e. The third-order valence-corrected chi connectivity index (χ3v) is 5.34. The Balaban J connectivity index is 1.80. The summed E-state index contributed by atoms with van der Waals surface area (Å²) in [5, 5.41) is 13.2. The van der Waals surface area contributed by atoms with Gasteiger partial charge in [0.05, 0.1) is 10.6 Å². The topological polar surface area (TPSA) is 116 Å². The van der Waals surface area contributed by atoms with Crippen LogP contribution in [0.3, 0.4) is 0 Å². The van der Waals surface area contributed by atoms with Gasteiger partial charge >= 0.3 is 0 Å². The fraction of sp³-hybridized carbons (Fsp3) is 0.235. The standard InChI is InChI=1S/C17H18N6O2S/c18-26(24,25)15-3-1-14(2-4-15)23-17(13-7-10-20-11-13)21-16(22-23)12-5-8-19-9-6-12/h1-6,8-9,13,20H,7,10-11H2,(H2,18,24,25)/t13-/m1/s1. The van der Waals surface area contributed by atoms with Gasteiger partial charge in [0.2, 0.25) is 10.0 Å².